The van der Waals surface area contributed by atoms with Crippen molar-refractivity contribution in [3.8, 4) is 11.1 Å². The van der Waals surface area contributed by atoms with Gasteiger partial charge in [0, 0.05) is 44.5 Å². The molecule has 1 aliphatic heterocycles. The van der Waals surface area contributed by atoms with Crippen LogP contribution in [0.25, 0.3) is 11.1 Å². The van der Waals surface area contributed by atoms with Gasteiger partial charge in [0.25, 0.3) is 0 Å². The Hall–Kier alpha value is -1.58. The van der Waals surface area contributed by atoms with Crippen molar-refractivity contribution in [1.29, 1.82) is 0 Å². The van der Waals surface area contributed by atoms with E-state index in [1.165, 1.54) is 28.7 Å². The molecule has 9 heteroatoms. The third kappa shape index (κ3) is 4.30. The summed E-state index contributed by atoms with van der Waals surface area (Å²) >= 11 is 5.89. The van der Waals surface area contributed by atoms with E-state index >= 15 is 0 Å². The highest BCUT2D eigenvalue weighted by Gasteiger charge is 2.30. The van der Waals surface area contributed by atoms with E-state index in [1.807, 2.05) is 4.90 Å². The molecular weight excluding hydrogens is 393 g/mol. The molecule has 1 fully saturated rings. The molecule has 0 unspecified atom stereocenters. The summed E-state index contributed by atoms with van der Waals surface area (Å²) in [5.41, 5.74) is 0.994. The summed E-state index contributed by atoms with van der Waals surface area (Å²) < 4.78 is 42.2. The van der Waals surface area contributed by atoms with E-state index in [4.69, 9.17) is 16.7 Å². The maximum atomic E-state index is 14.5. The molecule has 1 aromatic carbocycles. The van der Waals surface area contributed by atoms with Crippen molar-refractivity contribution >= 4 is 21.6 Å². The molecular formula is C18H21ClFN3O3S. The fourth-order valence-corrected chi connectivity index (χ4v) is 5.02. The molecule has 0 saturated carbocycles. The number of hydrogen-bond acceptors (Lipinski definition) is 5. The van der Waals surface area contributed by atoms with Gasteiger partial charge >= 0.3 is 0 Å². The zero-order valence-electron chi connectivity index (χ0n) is 14.9. The van der Waals surface area contributed by atoms with Crippen molar-refractivity contribution in [2.24, 2.45) is 0 Å². The van der Waals surface area contributed by atoms with Crippen LogP contribution in [0, 0.1) is 12.7 Å². The standard InChI is InChI=1S/C18H21ClFN3O3S/c1-13-10-16(20)15(14-2-3-21-18(19)11-14)12-17(13)27(25,26)23-6-4-22(5-7-23)8-9-24/h2-3,10-12,24H,4-9H2,1H3. The molecule has 6 nitrogen and oxygen atoms in total. The Morgan fingerprint density at radius 2 is 1.93 bits per heavy atom. The molecule has 0 bridgehead atoms. The minimum absolute atomic E-state index is 0.0433. The molecule has 146 valence electrons. The molecule has 1 aliphatic rings. The molecule has 0 amide bonds. The lowest BCUT2D eigenvalue weighted by Gasteiger charge is -2.33. The number of benzene rings is 1. The van der Waals surface area contributed by atoms with Gasteiger partial charge in [-0.2, -0.15) is 4.31 Å². The highest BCUT2D eigenvalue weighted by molar-refractivity contribution is 7.89. The number of rotatable bonds is 5. The van der Waals surface area contributed by atoms with E-state index in [9.17, 15) is 12.8 Å². The number of aliphatic hydroxyl groups is 1. The van der Waals surface area contributed by atoms with Crippen LogP contribution in [-0.2, 0) is 10.0 Å². The number of piperazine rings is 1. The number of aryl methyl sites for hydroxylation is 1. The van der Waals surface area contributed by atoms with Gasteiger partial charge in [-0.15, -0.1) is 0 Å². The number of hydrogen-bond donors (Lipinski definition) is 1. The third-order valence-corrected chi connectivity index (χ3v) is 6.91. The number of halogens is 2. The molecule has 2 aromatic rings. The van der Waals surface area contributed by atoms with Gasteiger partial charge in [0.2, 0.25) is 10.0 Å². The Bertz CT molecular complexity index is 931. The number of pyridine rings is 1. The Balaban J connectivity index is 1.95. The molecule has 0 spiro atoms. The van der Waals surface area contributed by atoms with Gasteiger partial charge in [0.1, 0.15) is 11.0 Å². The van der Waals surface area contributed by atoms with Gasteiger partial charge in [-0.05, 0) is 42.3 Å². The van der Waals surface area contributed by atoms with Crippen molar-refractivity contribution in [3.05, 3.63) is 47.0 Å². The zero-order valence-corrected chi connectivity index (χ0v) is 16.5. The van der Waals surface area contributed by atoms with Crippen molar-refractivity contribution in [3.63, 3.8) is 0 Å². The lowest BCUT2D eigenvalue weighted by molar-refractivity contribution is 0.151. The summed E-state index contributed by atoms with van der Waals surface area (Å²) in [4.78, 5) is 5.97. The van der Waals surface area contributed by atoms with Crippen LogP contribution in [0.1, 0.15) is 5.56 Å². The minimum Gasteiger partial charge on any atom is -0.395 e. The lowest BCUT2D eigenvalue weighted by atomic mass is 10.0. The van der Waals surface area contributed by atoms with Crippen LogP contribution in [0.3, 0.4) is 0 Å². The molecule has 0 atom stereocenters. The highest BCUT2D eigenvalue weighted by Crippen LogP contribution is 2.31. The Kier molecular flexibility index (Phi) is 6.12. The fourth-order valence-electron chi connectivity index (χ4n) is 3.20. The normalized spacial score (nSPS) is 16.6. The summed E-state index contributed by atoms with van der Waals surface area (Å²) in [6, 6.07) is 5.69. The Morgan fingerprint density at radius 3 is 2.56 bits per heavy atom. The predicted octanol–water partition coefficient (Wildman–Crippen LogP) is 2.15. The summed E-state index contributed by atoms with van der Waals surface area (Å²) in [5, 5.41) is 9.23. The largest absolute Gasteiger partial charge is 0.395 e. The van der Waals surface area contributed by atoms with Gasteiger partial charge < -0.3 is 5.11 Å². The molecule has 2 heterocycles. The first kappa shape index (κ1) is 20.2. The summed E-state index contributed by atoms with van der Waals surface area (Å²) in [6.07, 6.45) is 1.45. The van der Waals surface area contributed by atoms with Crippen molar-refractivity contribution in [1.82, 2.24) is 14.2 Å². The molecule has 27 heavy (non-hydrogen) atoms. The average Bonchev–Trinajstić information content (AvgIpc) is 2.62. The second-order valence-electron chi connectivity index (χ2n) is 6.43. The van der Waals surface area contributed by atoms with Crippen molar-refractivity contribution in [2.75, 3.05) is 39.3 Å². The van der Waals surface area contributed by atoms with E-state index in [2.05, 4.69) is 4.98 Å². The quantitative estimate of drug-likeness (QED) is 0.760. The van der Waals surface area contributed by atoms with Crippen molar-refractivity contribution < 1.29 is 17.9 Å². The Labute approximate surface area is 163 Å². The molecule has 0 radical (unpaired) electrons. The molecule has 1 N–H and O–H groups in total. The third-order valence-electron chi connectivity index (χ3n) is 4.67. The molecule has 3 rings (SSSR count). The van der Waals surface area contributed by atoms with E-state index in [0.717, 1.165) is 0 Å². The average molecular weight is 414 g/mol. The second kappa shape index (κ2) is 8.20. The lowest BCUT2D eigenvalue weighted by Crippen LogP contribution is -2.49. The monoisotopic (exact) mass is 413 g/mol. The first-order valence-electron chi connectivity index (χ1n) is 8.58. The van der Waals surface area contributed by atoms with Gasteiger partial charge in [-0.3, -0.25) is 4.90 Å². The van der Waals surface area contributed by atoms with Crippen LogP contribution < -0.4 is 0 Å². The Morgan fingerprint density at radius 1 is 1.22 bits per heavy atom. The van der Waals surface area contributed by atoms with E-state index in [-0.39, 0.29) is 22.2 Å². The number of β-amino-alcohol motifs (C(OH)–C–C–N with tert-alkyl or cyclic N) is 1. The predicted molar refractivity (Wildman–Crippen MR) is 102 cm³/mol. The van der Waals surface area contributed by atoms with Crippen LogP contribution in [0.5, 0.6) is 0 Å². The summed E-state index contributed by atoms with van der Waals surface area (Å²) in [5.74, 6) is -0.513. The van der Waals surface area contributed by atoms with Crippen LogP contribution in [0.15, 0.2) is 35.4 Å². The maximum absolute atomic E-state index is 14.5. The van der Waals surface area contributed by atoms with Crippen LogP contribution in [0.2, 0.25) is 5.15 Å². The van der Waals surface area contributed by atoms with Crippen LogP contribution >= 0.6 is 11.6 Å². The van der Waals surface area contributed by atoms with E-state index < -0.39 is 15.8 Å². The fraction of sp³-hybridized carbons (Fsp3) is 0.389. The molecule has 1 aromatic heterocycles. The van der Waals surface area contributed by atoms with Crippen LogP contribution in [0.4, 0.5) is 4.39 Å². The van der Waals surface area contributed by atoms with E-state index in [1.54, 1.807) is 13.0 Å². The summed E-state index contributed by atoms with van der Waals surface area (Å²) in [7, 11) is -3.76. The SMILES string of the molecule is Cc1cc(F)c(-c2ccnc(Cl)c2)cc1S(=O)(=O)N1CCN(CCO)CC1. The van der Waals surface area contributed by atoms with Crippen molar-refractivity contribution in [2.45, 2.75) is 11.8 Å². The van der Waals surface area contributed by atoms with Gasteiger partial charge in [0.05, 0.1) is 11.5 Å². The topological polar surface area (TPSA) is 73.7 Å². The number of aromatic nitrogens is 1. The second-order valence-corrected chi connectivity index (χ2v) is 8.73. The van der Waals surface area contributed by atoms with Gasteiger partial charge in [0.15, 0.2) is 0 Å². The first-order valence-corrected chi connectivity index (χ1v) is 10.4. The molecule has 0 aliphatic carbocycles. The van der Waals surface area contributed by atoms with Gasteiger partial charge in [-0.25, -0.2) is 17.8 Å². The minimum atomic E-state index is -3.76. The maximum Gasteiger partial charge on any atom is 0.243 e. The number of aliphatic hydroxyl groups excluding tert-OH is 1. The zero-order chi connectivity index (χ0) is 19.6. The van der Waals surface area contributed by atoms with Gasteiger partial charge in [-0.1, -0.05) is 11.6 Å². The first-order chi connectivity index (χ1) is 12.8. The molecule has 1 saturated heterocycles. The number of sulfonamides is 1. The summed E-state index contributed by atoms with van der Waals surface area (Å²) in [6.45, 7) is 3.91. The van der Waals surface area contributed by atoms with Crippen LogP contribution in [-0.4, -0.2) is 67.0 Å². The number of nitrogens with zero attached hydrogens (tertiary/aromatic N) is 3. The highest BCUT2D eigenvalue weighted by atomic mass is 35.5. The van der Waals surface area contributed by atoms with E-state index in [0.29, 0.717) is 43.9 Å². The smallest absolute Gasteiger partial charge is 0.243 e.